The number of fused-ring (bicyclic) bond motifs is 1. The first-order valence-corrected chi connectivity index (χ1v) is 8.15. The minimum atomic E-state index is -0.0798. The summed E-state index contributed by atoms with van der Waals surface area (Å²) in [6.07, 6.45) is 0. The molecule has 0 saturated carbocycles. The zero-order chi connectivity index (χ0) is 17.8. The van der Waals surface area contributed by atoms with E-state index < -0.39 is 0 Å². The number of rotatable bonds is 5. The van der Waals surface area contributed by atoms with E-state index in [0.717, 1.165) is 27.5 Å². The van der Waals surface area contributed by atoms with Gasteiger partial charge in [-0.1, -0.05) is 48.5 Å². The number of carbonyl (C=O) groups is 1. The number of ether oxygens (including phenoxy) is 1. The summed E-state index contributed by atoms with van der Waals surface area (Å²) in [5, 5.41) is 11.4. The van der Waals surface area contributed by atoms with Gasteiger partial charge in [-0.05, 0) is 34.2 Å². The first kappa shape index (κ1) is 17.0. The van der Waals surface area contributed by atoms with Crippen LogP contribution in [0.2, 0.25) is 0 Å². The zero-order valence-corrected chi connectivity index (χ0v) is 14.4. The first-order valence-electron chi connectivity index (χ1n) is 8.15. The van der Waals surface area contributed by atoms with Crippen LogP contribution < -0.4 is 4.74 Å². The van der Waals surface area contributed by atoms with Gasteiger partial charge in [0.1, 0.15) is 5.75 Å². The molecular weight excluding hydrogens is 314 g/mol. The van der Waals surface area contributed by atoms with Crippen LogP contribution in [-0.2, 0) is 11.4 Å². The number of nitrogens with zero attached hydrogens (tertiary/aromatic N) is 1. The molecule has 4 nitrogen and oxygen atoms in total. The summed E-state index contributed by atoms with van der Waals surface area (Å²) >= 11 is 0. The Morgan fingerprint density at radius 3 is 2.48 bits per heavy atom. The van der Waals surface area contributed by atoms with Crippen molar-refractivity contribution in [3.05, 3.63) is 66.2 Å². The molecule has 0 bridgehead atoms. The predicted molar refractivity (Wildman–Crippen MR) is 99.5 cm³/mol. The van der Waals surface area contributed by atoms with E-state index in [-0.39, 0.29) is 19.1 Å². The van der Waals surface area contributed by atoms with Gasteiger partial charge in [0.05, 0.1) is 6.61 Å². The van der Waals surface area contributed by atoms with E-state index in [0.29, 0.717) is 5.75 Å². The quantitative estimate of drug-likeness (QED) is 0.777. The number of likely N-dealkylation sites (N-methyl/N-ethyl adjacent to an activating group) is 1. The molecule has 128 valence electrons. The predicted octanol–water partition coefficient (Wildman–Crippen LogP) is 3.47. The molecule has 0 aliphatic heterocycles. The van der Waals surface area contributed by atoms with E-state index in [1.54, 1.807) is 14.1 Å². The summed E-state index contributed by atoms with van der Waals surface area (Å²) in [5.41, 5.74) is 2.98. The lowest BCUT2D eigenvalue weighted by Crippen LogP contribution is -2.27. The van der Waals surface area contributed by atoms with Crippen molar-refractivity contribution in [1.82, 2.24) is 4.90 Å². The number of carbonyl (C=O) groups excluding carboxylic acids is 1. The third kappa shape index (κ3) is 3.64. The molecule has 0 aliphatic rings. The highest BCUT2D eigenvalue weighted by atomic mass is 16.5. The van der Waals surface area contributed by atoms with Gasteiger partial charge in [-0.15, -0.1) is 0 Å². The highest BCUT2D eigenvalue weighted by molar-refractivity contribution is 6.00. The molecule has 0 spiro atoms. The Kier molecular flexibility index (Phi) is 5.00. The minimum Gasteiger partial charge on any atom is -0.483 e. The fourth-order valence-electron chi connectivity index (χ4n) is 2.75. The van der Waals surface area contributed by atoms with Crippen LogP contribution >= 0.6 is 0 Å². The third-order valence-corrected chi connectivity index (χ3v) is 4.15. The lowest BCUT2D eigenvalue weighted by atomic mass is 9.96. The molecule has 25 heavy (non-hydrogen) atoms. The minimum absolute atomic E-state index is 0.0103. The molecule has 0 saturated heterocycles. The van der Waals surface area contributed by atoms with E-state index in [2.05, 4.69) is 0 Å². The van der Waals surface area contributed by atoms with Crippen LogP contribution in [0.4, 0.5) is 0 Å². The van der Waals surface area contributed by atoms with Gasteiger partial charge in [0, 0.05) is 19.5 Å². The summed E-state index contributed by atoms with van der Waals surface area (Å²) in [6.45, 7) is 0.0238. The molecule has 0 fully saturated rings. The Labute approximate surface area is 147 Å². The smallest absolute Gasteiger partial charge is 0.259 e. The third-order valence-electron chi connectivity index (χ3n) is 4.15. The van der Waals surface area contributed by atoms with E-state index in [1.807, 2.05) is 60.7 Å². The van der Waals surface area contributed by atoms with E-state index >= 15 is 0 Å². The maximum atomic E-state index is 11.8. The summed E-state index contributed by atoms with van der Waals surface area (Å²) in [6, 6.07) is 19.7. The highest BCUT2D eigenvalue weighted by Gasteiger charge is 2.11. The SMILES string of the molecule is CN(C)C(=O)COc1ccc(-c2cccc(CO)c2)c2ccccc12. The standard InChI is InChI=1S/C21H21NO3/c1-22(2)21(24)14-25-20-11-10-17(18-8-3-4-9-19(18)20)16-7-5-6-15(12-16)13-23/h3-12,23H,13-14H2,1-2H3. The van der Waals surface area contributed by atoms with Crippen LogP contribution in [0.5, 0.6) is 5.75 Å². The van der Waals surface area contributed by atoms with Crippen LogP contribution in [0.3, 0.4) is 0 Å². The van der Waals surface area contributed by atoms with Crippen molar-refractivity contribution in [1.29, 1.82) is 0 Å². The molecule has 0 unspecified atom stereocenters. The molecular formula is C21H21NO3. The van der Waals surface area contributed by atoms with Gasteiger partial charge < -0.3 is 14.7 Å². The summed E-state index contributed by atoms with van der Waals surface area (Å²) in [5.74, 6) is 0.608. The number of aliphatic hydroxyl groups is 1. The Morgan fingerprint density at radius 2 is 1.76 bits per heavy atom. The molecule has 4 heteroatoms. The molecule has 0 aromatic heterocycles. The molecule has 1 amide bonds. The van der Waals surface area contributed by atoms with Gasteiger partial charge in [0.15, 0.2) is 6.61 Å². The van der Waals surface area contributed by atoms with Crippen molar-refractivity contribution in [3.8, 4) is 16.9 Å². The fraction of sp³-hybridized carbons (Fsp3) is 0.190. The number of hydrogen-bond donors (Lipinski definition) is 1. The molecule has 3 rings (SSSR count). The Balaban J connectivity index is 2.02. The van der Waals surface area contributed by atoms with Crippen LogP contribution in [0.15, 0.2) is 60.7 Å². The summed E-state index contributed by atoms with van der Waals surface area (Å²) in [4.78, 5) is 13.3. The molecule has 1 N–H and O–H groups in total. The number of aliphatic hydroxyl groups excluding tert-OH is 1. The van der Waals surface area contributed by atoms with Crippen LogP contribution in [0.1, 0.15) is 5.56 Å². The molecule has 0 heterocycles. The van der Waals surface area contributed by atoms with E-state index in [1.165, 1.54) is 4.90 Å². The van der Waals surface area contributed by atoms with Crippen molar-refractivity contribution in [2.75, 3.05) is 20.7 Å². The second-order valence-corrected chi connectivity index (χ2v) is 6.09. The number of benzene rings is 3. The average molecular weight is 335 g/mol. The fourth-order valence-corrected chi connectivity index (χ4v) is 2.75. The van der Waals surface area contributed by atoms with Crippen LogP contribution in [0, 0.1) is 0 Å². The van der Waals surface area contributed by atoms with E-state index in [4.69, 9.17) is 4.74 Å². The Hall–Kier alpha value is -2.85. The normalized spacial score (nSPS) is 10.7. The second kappa shape index (κ2) is 7.36. The largest absolute Gasteiger partial charge is 0.483 e. The van der Waals surface area contributed by atoms with Crippen molar-refractivity contribution >= 4 is 16.7 Å². The molecule has 3 aromatic carbocycles. The van der Waals surface area contributed by atoms with Crippen molar-refractivity contribution < 1.29 is 14.6 Å². The van der Waals surface area contributed by atoms with Gasteiger partial charge in [-0.25, -0.2) is 0 Å². The topological polar surface area (TPSA) is 49.8 Å². The van der Waals surface area contributed by atoms with Crippen molar-refractivity contribution in [3.63, 3.8) is 0 Å². The average Bonchev–Trinajstić information content (AvgIpc) is 2.65. The first-order chi connectivity index (χ1) is 12.1. The van der Waals surface area contributed by atoms with Gasteiger partial charge in [-0.3, -0.25) is 4.79 Å². The zero-order valence-electron chi connectivity index (χ0n) is 14.4. The number of hydrogen-bond acceptors (Lipinski definition) is 3. The molecule has 3 aromatic rings. The molecule has 0 radical (unpaired) electrons. The van der Waals surface area contributed by atoms with Gasteiger partial charge in [-0.2, -0.15) is 0 Å². The van der Waals surface area contributed by atoms with Crippen molar-refractivity contribution in [2.24, 2.45) is 0 Å². The summed E-state index contributed by atoms with van der Waals surface area (Å²) in [7, 11) is 3.42. The monoisotopic (exact) mass is 335 g/mol. The van der Waals surface area contributed by atoms with E-state index in [9.17, 15) is 9.90 Å². The second-order valence-electron chi connectivity index (χ2n) is 6.09. The molecule has 0 aliphatic carbocycles. The Bertz CT molecular complexity index is 903. The Morgan fingerprint density at radius 1 is 1.00 bits per heavy atom. The highest BCUT2D eigenvalue weighted by Crippen LogP contribution is 2.34. The van der Waals surface area contributed by atoms with Gasteiger partial charge in [0.2, 0.25) is 0 Å². The lowest BCUT2D eigenvalue weighted by molar-refractivity contribution is -0.130. The van der Waals surface area contributed by atoms with Gasteiger partial charge in [0.25, 0.3) is 5.91 Å². The molecule has 0 atom stereocenters. The van der Waals surface area contributed by atoms with Crippen LogP contribution in [-0.4, -0.2) is 36.6 Å². The van der Waals surface area contributed by atoms with Gasteiger partial charge >= 0.3 is 0 Å². The van der Waals surface area contributed by atoms with Crippen molar-refractivity contribution in [2.45, 2.75) is 6.61 Å². The number of amides is 1. The lowest BCUT2D eigenvalue weighted by Gasteiger charge is -2.15. The van der Waals surface area contributed by atoms with Crippen LogP contribution in [0.25, 0.3) is 21.9 Å². The summed E-state index contributed by atoms with van der Waals surface area (Å²) < 4.78 is 5.75. The maximum Gasteiger partial charge on any atom is 0.259 e. The maximum absolute atomic E-state index is 11.8.